The maximum atomic E-state index is 12.4. The molecule has 0 bridgehead atoms. The van der Waals surface area contributed by atoms with Crippen LogP contribution in [0.15, 0.2) is 41.2 Å². The summed E-state index contributed by atoms with van der Waals surface area (Å²) >= 11 is 0. The van der Waals surface area contributed by atoms with E-state index in [1.165, 1.54) is 0 Å². The number of hydrogen-bond acceptors (Lipinski definition) is 4. The van der Waals surface area contributed by atoms with E-state index in [0.29, 0.717) is 19.6 Å². The fraction of sp³-hybridized carbons (Fsp3) is 0.294. The van der Waals surface area contributed by atoms with Crippen LogP contribution >= 0.6 is 0 Å². The van der Waals surface area contributed by atoms with Gasteiger partial charge in [0.15, 0.2) is 0 Å². The molecule has 0 atom stereocenters. The van der Waals surface area contributed by atoms with E-state index in [4.69, 9.17) is 14.7 Å². The van der Waals surface area contributed by atoms with Gasteiger partial charge in [0.25, 0.3) is 5.56 Å². The van der Waals surface area contributed by atoms with Gasteiger partial charge in [0.05, 0.1) is 12.8 Å². The van der Waals surface area contributed by atoms with Gasteiger partial charge in [-0.15, -0.1) is 0 Å². The molecule has 22 heavy (non-hydrogen) atoms. The first-order chi connectivity index (χ1) is 10.7. The smallest absolute Gasteiger partial charge is 0.268 e. The first-order valence-corrected chi connectivity index (χ1v) is 6.98. The van der Waals surface area contributed by atoms with Crippen LogP contribution in [-0.2, 0) is 11.3 Å². The van der Waals surface area contributed by atoms with Gasteiger partial charge in [-0.05, 0) is 48.4 Å². The lowest BCUT2D eigenvalue weighted by molar-refractivity contribution is 0.190. The van der Waals surface area contributed by atoms with Crippen LogP contribution in [0.1, 0.15) is 12.0 Å². The van der Waals surface area contributed by atoms with Crippen LogP contribution in [0, 0.1) is 11.3 Å². The van der Waals surface area contributed by atoms with Crippen molar-refractivity contribution in [2.24, 2.45) is 0 Å². The Bertz CT molecular complexity index is 727. The predicted octanol–water partition coefficient (Wildman–Crippen LogP) is 2.43. The summed E-state index contributed by atoms with van der Waals surface area (Å²) in [5, 5.41) is 9.04. The van der Waals surface area contributed by atoms with Crippen molar-refractivity contribution < 1.29 is 9.47 Å². The molecule has 2 aromatic rings. The molecule has 0 aliphatic carbocycles. The highest BCUT2D eigenvalue weighted by Gasteiger charge is 2.10. The first-order valence-electron chi connectivity index (χ1n) is 6.98. The fourth-order valence-corrected chi connectivity index (χ4v) is 2.27. The van der Waals surface area contributed by atoms with Crippen molar-refractivity contribution >= 4 is 0 Å². The number of aromatic nitrogens is 1. The van der Waals surface area contributed by atoms with Crippen LogP contribution in [0.3, 0.4) is 0 Å². The van der Waals surface area contributed by atoms with E-state index in [-0.39, 0.29) is 11.1 Å². The minimum atomic E-state index is -0.271. The summed E-state index contributed by atoms with van der Waals surface area (Å²) in [5.41, 5.74) is 1.56. The minimum Gasteiger partial charge on any atom is -0.497 e. The molecule has 0 fully saturated rings. The van der Waals surface area contributed by atoms with Gasteiger partial charge in [0.2, 0.25) is 0 Å². The second-order valence-electron chi connectivity index (χ2n) is 4.78. The largest absolute Gasteiger partial charge is 0.497 e. The fourth-order valence-electron chi connectivity index (χ4n) is 2.27. The summed E-state index contributed by atoms with van der Waals surface area (Å²) in [6.45, 7) is 1.06. The minimum absolute atomic E-state index is 0.148. The molecule has 1 aromatic carbocycles. The zero-order valence-corrected chi connectivity index (χ0v) is 12.7. The Balaban J connectivity index is 2.46. The van der Waals surface area contributed by atoms with Gasteiger partial charge in [-0.1, -0.05) is 0 Å². The Hall–Kier alpha value is -2.58. The van der Waals surface area contributed by atoms with Gasteiger partial charge < -0.3 is 14.0 Å². The maximum absolute atomic E-state index is 12.4. The molecule has 1 aromatic heterocycles. The van der Waals surface area contributed by atoms with Crippen molar-refractivity contribution in [2.45, 2.75) is 13.0 Å². The number of benzene rings is 1. The van der Waals surface area contributed by atoms with E-state index in [0.717, 1.165) is 17.0 Å². The molecule has 1 heterocycles. The molecule has 2 rings (SSSR count). The molecule has 0 N–H and O–H groups in total. The van der Waals surface area contributed by atoms with Crippen molar-refractivity contribution in [1.82, 2.24) is 4.57 Å². The molecule has 0 saturated heterocycles. The zero-order valence-electron chi connectivity index (χ0n) is 12.7. The lowest BCUT2D eigenvalue weighted by atomic mass is 10.1. The molecule has 0 unspecified atom stereocenters. The van der Waals surface area contributed by atoms with Crippen LogP contribution in [0.25, 0.3) is 11.3 Å². The summed E-state index contributed by atoms with van der Waals surface area (Å²) < 4.78 is 11.8. The molecule has 0 saturated carbocycles. The van der Waals surface area contributed by atoms with Gasteiger partial charge in [0.1, 0.15) is 17.4 Å². The number of ether oxygens (including phenoxy) is 2. The Kier molecular flexibility index (Phi) is 5.34. The van der Waals surface area contributed by atoms with Crippen molar-refractivity contribution in [3.05, 3.63) is 52.3 Å². The van der Waals surface area contributed by atoms with Crippen molar-refractivity contribution in [2.75, 3.05) is 20.8 Å². The molecular formula is C17H18N2O3. The van der Waals surface area contributed by atoms with E-state index >= 15 is 0 Å². The summed E-state index contributed by atoms with van der Waals surface area (Å²) in [5.74, 6) is 0.755. The molecular weight excluding hydrogens is 280 g/mol. The highest BCUT2D eigenvalue weighted by Crippen LogP contribution is 2.22. The summed E-state index contributed by atoms with van der Waals surface area (Å²) in [4.78, 5) is 12.4. The second-order valence-corrected chi connectivity index (χ2v) is 4.78. The average molecular weight is 298 g/mol. The summed E-state index contributed by atoms with van der Waals surface area (Å²) in [6, 6.07) is 12.8. The molecule has 0 aliphatic rings. The molecule has 0 amide bonds. The van der Waals surface area contributed by atoms with Crippen LogP contribution in [0.4, 0.5) is 0 Å². The highest BCUT2D eigenvalue weighted by molar-refractivity contribution is 5.61. The Labute approximate surface area is 129 Å². The third kappa shape index (κ3) is 3.35. The van der Waals surface area contributed by atoms with E-state index < -0.39 is 0 Å². The molecule has 0 spiro atoms. The number of nitriles is 1. The van der Waals surface area contributed by atoms with Crippen LogP contribution < -0.4 is 10.3 Å². The second kappa shape index (κ2) is 7.43. The number of methoxy groups -OCH3 is 2. The van der Waals surface area contributed by atoms with E-state index in [1.807, 2.05) is 30.3 Å². The van der Waals surface area contributed by atoms with Crippen LogP contribution in [0.2, 0.25) is 0 Å². The SMILES string of the molecule is COCCCn1c(-c2ccc(OC)cc2)ccc(C#N)c1=O. The monoisotopic (exact) mass is 298 g/mol. The normalized spacial score (nSPS) is 10.2. The van der Waals surface area contributed by atoms with Gasteiger partial charge in [-0.25, -0.2) is 0 Å². The molecule has 0 radical (unpaired) electrons. The summed E-state index contributed by atoms with van der Waals surface area (Å²) in [7, 11) is 3.23. The third-order valence-corrected chi connectivity index (χ3v) is 3.41. The summed E-state index contributed by atoms with van der Waals surface area (Å²) in [6.07, 6.45) is 0.703. The Morgan fingerprint density at radius 3 is 2.45 bits per heavy atom. The molecule has 0 aliphatic heterocycles. The van der Waals surface area contributed by atoms with Gasteiger partial charge in [-0.2, -0.15) is 5.26 Å². The van der Waals surface area contributed by atoms with Crippen LogP contribution in [0.5, 0.6) is 5.75 Å². The zero-order chi connectivity index (χ0) is 15.9. The number of pyridine rings is 1. The lowest BCUT2D eigenvalue weighted by Gasteiger charge is -2.13. The van der Waals surface area contributed by atoms with E-state index in [2.05, 4.69) is 0 Å². The van der Waals surface area contributed by atoms with Crippen molar-refractivity contribution in [3.8, 4) is 23.1 Å². The predicted molar refractivity (Wildman–Crippen MR) is 83.9 cm³/mol. The Morgan fingerprint density at radius 2 is 1.86 bits per heavy atom. The van der Waals surface area contributed by atoms with Crippen molar-refractivity contribution in [1.29, 1.82) is 5.26 Å². The lowest BCUT2D eigenvalue weighted by Crippen LogP contribution is -2.24. The molecule has 5 nitrogen and oxygen atoms in total. The van der Waals surface area contributed by atoms with E-state index in [9.17, 15) is 4.79 Å². The molecule has 114 valence electrons. The number of nitrogens with zero attached hydrogens (tertiary/aromatic N) is 2. The average Bonchev–Trinajstić information content (AvgIpc) is 2.56. The quantitative estimate of drug-likeness (QED) is 0.768. The van der Waals surface area contributed by atoms with Gasteiger partial charge in [-0.3, -0.25) is 4.79 Å². The standard InChI is InChI=1S/C17H18N2O3/c1-21-11-3-10-19-16(9-6-14(12-18)17(19)20)13-4-7-15(22-2)8-5-13/h4-9H,3,10-11H2,1-2H3. The highest BCUT2D eigenvalue weighted by atomic mass is 16.5. The maximum Gasteiger partial charge on any atom is 0.268 e. The number of rotatable bonds is 6. The van der Waals surface area contributed by atoms with E-state index in [1.54, 1.807) is 30.9 Å². The van der Waals surface area contributed by atoms with Gasteiger partial charge in [0, 0.05) is 20.3 Å². The van der Waals surface area contributed by atoms with Crippen molar-refractivity contribution in [3.63, 3.8) is 0 Å². The first kappa shape index (κ1) is 15.8. The number of hydrogen-bond donors (Lipinski definition) is 0. The van der Waals surface area contributed by atoms with Crippen LogP contribution in [-0.4, -0.2) is 25.4 Å². The topological polar surface area (TPSA) is 64.2 Å². The third-order valence-electron chi connectivity index (χ3n) is 3.41. The van der Waals surface area contributed by atoms with Gasteiger partial charge >= 0.3 is 0 Å². The molecule has 5 heteroatoms. The Morgan fingerprint density at radius 1 is 1.14 bits per heavy atom.